The molecule has 0 radical (unpaired) electrons. The SMILES string of the molecule is CC(C)(C)OC(=O)N1CCC[C@]1(CCCO)CCOC(=O)C(C)(C)C. The summed E-state index contributed by atoms with van der Waals surface area (Å²) in [6.07, 6.45) is 3.23. The number of esters is 1. The van der Waals surface area contributed by atoms with Gasteiger partial charge < -0.3 is 19.5 Å². The Hall–Kier alpha value is -1.30. The van der Waals surface area contributed by atoms with Crippen molar-refractivity contribution in [1.29, 1.82) is 0 Å². The zero-order valence-electron chi connectivity index (χ0n) is 16.7. The van der Waals surface area contributed by atoms with Crippen LogP contribution in [0.3, 0.4) is 0 Å². The minimum absolute atomic E-state index is 0.0751. The van der Waals surface area contributed by atoms with E-state index in [9.17, 15) is 14.7 Å². The van der Waals surface area contributed by atoms with Crippen LogP contribution in [0.5, 0.6) is 0 Å². The molecule has 1 fully saturated rings. The van der Waals surface area contributed by atoms with Crippen LogP contribution in [-0.2, 0) is 14.3 Å². The number of carbonyl (C=O) groups is 2. The third kappa shape index (κ3) is 6.49. The van der Waals surface area contributed by atoms with E-state index in [1.165, 1.54) is 0 Å². The molecule has 1 aliphatic rings. The van der Waals surface area contributed by atoms with Crippen molar-refractivity contribution in [2.24, 2.45) is 5.41 Å². The van der Waals surface area contributed by atoms with Crippen molar-refractivity contribution < 1.29 is 24.2 Å². The lowest BCUT2D eigenvalue weighted by Gasteiger charge is -2.39. The fourth-order valence-electron chi connectivity index (χ4n) is 3.14. The third-order valence-electron chi connectivity index (χ3n) is 4.42. The number of aliphatic hydroxyl groups excluding tert-OH is 1. The molecule has 0 saturated carbocycles. The van der Waals surface area contributed by atoms with Crippen LogP contribution in [0.2, 0.25) is 0 Å². The summed E-state index contributed by atoms with van der Waals surface area (Å²) in [5, 5.41) is 9.25. The highest BCUT2D eigenvalue weighted by Crippen LogP contribution is 2.38. The van der Waals surface area contributed by atoms with E-state index in [0.29, 0.717) is 25.8 Å². The first-order valence-electron chi connectivity index (χ1n) is 9.20. The molecule has 0 aromatic rings. The Morgan fingerprint density at radius 3 is 2.28 bits per heavy atom. The topological polar surface area (TPSA) is 76.1 Å². The maximum atomic E-state index is 12.6. The van der Waals surface area contributed by atoms with Gasteiger partial charge in [0.1, 0.15) is 5.60 Å². The Morgan fingerprint density at radius 2 is 1.76 bits per heavy atom. The van der Waals surface area contributed by atoms with Crippen molar-refractivity contribution in [1.82, 2.24) is 4.90 Å². The van der Waals surface area contributed by atoms with Gasteiger partial charge in [0.05, 0.1) is 12.0 Å². The number of likely N-dealkylation sites (tertiary alicyclic amines) is 1. The van der Waals surface area contributed by atoms with E-state index in [1.807, 2.05) is 41.5 Å². The normalized spacial score (nSPS) is 21.3. The van der Waals surface area contributed by atoms with Crippen LogP contribution in [0.4, 0.5) is 4.79 Å². The third-order valence-corrected chi connectivity index (χ3v) is 4.42. The Morgan fingerprint density at radius 1 is 1.12 bits per heavy atom. The van der Waals surface area contributed by atoms with Gasteiger partial charge in [-0.05, 0) is 67.2 Å². The largest absolute Gasteiger partial charge is 0.465 e. The number of carbonyl (C=O) groups excluding carboxylic acids is 2. The quantitative estimate of drug-likeness (QED) is 0.736. The Kier molecular flexibility index (Phi) is 7.29. The molecule has 1 amide bonds. The predicted molar refractivity (Wildman–Crippen MR) is 96.3 cm³/mol. The van der Waals surface area contributed by atoms with Crippen LogP contribution in [0, 0.1) is 5.41 Å². The molecule has 1 aliphatic heterocycles. The zero-order chi connectivity index (χ0) is 19.3. The summed E-state index contributed by atoms with van der Waals surface area (Å²) in [7, 11) is 0. The fourth-order valence-corrected chi connectivity index (χ4v) is 3.14. The standard InChI is InChI=1S/C19H35NO5/c1-17(2,3)15(22)24-14-11-19(10-8-13-21)9-7-12-20(19)16(23)25-18(4,5)6/h21H,7-14H2,1-6H3/t19-/m0/s1. The van der Waals surface area contributed by atoms with Gasteiger partial charge in [0.2, 0.25) is 0 Å². The molecular formula is C19H35NO5. The number of ether oxygens (including phenoxy) is 2. The predicted octanol–water partition coefficient (Wildman–Crippen LogP) is 3.51. The number of aliphatic hydroxyl groups is 1. The van der Waals surface area contributed by atoms with Gasteiger partial charge in [-0.25, -0.2) is 4.79 Å². The Bertz CT molecular complexity index is 463. The highest BCUT2D eigenvalue weighted by molar-refractivity contribution is 5.75. The molecule has 0 unspecified atom stereocenters. The van der Waals surface area contributed by atoms with Crippen molar-refractivity contribution in [3.63, 3.8) is 0 Å². The summed E-state index contributed by atoms with van der Waals surface area (Å²) in [4.78, 5) is 26.4. The van der Waals surface area contributed by atoms with E-state index in [4.69, 9.17) is 9.47 Å². The van der Waals surface area contributed by atoms with E-state index in [-0.39, 0.29) is 25.3 Å². The summed E-state index contributed by atoms with van der Waals surface area (Å²) in [6, 6.07) is 0. The van der Waals surface area contributed by atoms with E-state index < -0.39 is 16.6 Å². The van der Waals surface area contributed by atoms with Gasteiger partial charge in [0.15, 0.2) is 0 Å². The van der Waals surface area contributed by atoms with Crippen LogP contribution < -0.4 is 0 Å². The van der Waals surface area contributed by atoms with Crippen LogP contribution in [0.1, 0.15) is 73.6 Å². The van der Waals surface area contributed by atoms with Crippen molar-refractivity contribution in [2.45, 2.75) is 84.8 Å². The fraction of sp³-hybridized carbons (Fsp3) is 0.895. The minimum atomic E-state index is -0.554. The molecule has 1 atom stereocenters. The highest BCUT2D eigenvalue weighted by atomic mass is 16.6. The molecule has 25 heavy (non-hydrogen) atoms. The lowest BCUT2D eigenvalue weighted by atomic mass is 9.87. The minimum Gasteiger partial charge on any atom is -0.465 e. The van der Waals surface area contributed by atoms with Gasteiger partial charge in [0.25, 0.3) is 0 Å². The maximum absolute atomic E-state index is 12.6. The lowest BCUT2D eigenvalue weighted by Crippen LogP contribution is -2.50. The molecule has 0 spiro atoms. The van der Waals surface area contributed by atoms with E-state index in [1.54, 1.807) is 4.90 Å². The van der Waals surface area contributed by atoms with Crippen LogP contribution in [0.25, 0.3) is 0 Å². The molecule has 146 valence electrons. The molecule has 1 heterocycles. The van der Waals surface area contributed by atoms with Crippen molar-refractivity contribution in [2.75, 3.05) is 19.8 Å². The molecule has 6 heteroatoms. The number of rotatable bonds is 6. The monoisotopic (exact) mass is 357 g/mol. The van der Waals surface area contributed by atoms with Crippen LogP contribution in [0.15, 0.2) is 0 Å². The number of hydrogen-bond donors (Lipinski definition) is 1. The number of amides is 1. The first-order chi connectivity index (χ1) is 11.4. The van der Waals surface area contributed by atoms with E-state index in [2.05, 4.69) is 0 Å². The first-order valence-corrected chi connectivity index (χ1v) is 9.20. The second-order valence-corrected chi connectivity index (χ2v) is 8.92. The average molecular weight is 357 g/mol. The van der Waals surface area contributed by atoms with Gasteiger partial charge in [-0.1, -0.05) is 0 Å². The van der Waals surface area contributed by atoms with E-state index >= 15 is 0 Å². The maximum Gasteiger partial charge on any atom is 0.410 e. The van der Waals surface area contributed by atoms with Gasteiger partial charge in [-0.2, -0.15) is 0 Å². The molecule has 0 aromatic carbocycles. The van der Waals surface area contributed by atoms with E-state index in [0.717, 1.165) is 12.8 Å². The molecule has 6 nitrogen and oxygen atoms in total. The molecule has 0 aliphatic carbocycles. The van der Waals surface area contributed by atoms with Gasteiger partial charge >= 0.3 is 12.1 Å². The van der Waals surface area contributed by atoms with Gasteiger partial charge in [-0.3, -0.25) is 4.79 Å². The molecule has 1 N–H and O–H groups in total. The van der Waals surface area contributed by atoms with Crippen molar-refractivity contribution in [3.8, 4) is 0 Å². The van der Waals surface area contributed by atoms with Crippen LogP contribution in [-0.4, -0.2) is 53.0 Å². The first kappa shape index (κ1) is 21.7. The molecule has 1 saturated heterocycles. The number of nitrogens with zero attached hydrogens (tertiary/aromatic N) is 1. The summed E-state index contributed by atoms with van der Waals surface area (Å²) in [5.74, 6) is -0.244. The second-order valence-electron chi connectivity index (χ2n) is 8.92. The van der Waals surface area contributed by atoms with Gasteiger partial charge in [-0.15, -0.1) is 0 Å². The highest BCUT2D eigenvalue weighted by Gasteiger charge is 2.44. The van der Waals surface area contributed by atoms with Gasteiger partial charge in [0, 0.05) is 25.1 Å². The average Bonchev–Trinajstić information content (AvgIpc) is 2.86. The Balaban J connectivity index is 2.82. The van der Waals surface area contributed by atoms with Crippen molar-refractivity contribution in [3.05, 3.63) is 0 Å². The Labute approximate surface area is 151 Å². The lowest BCUT2D eigenvalue weighted by molar-refractivity contribution is -0.153. The van der Waals surface area contributed by atoms with Crippen molar-refractivity contribution >= 4 is 12.1 Å². The molecule has 1 rings (SSSR count). The summed E-state index contributed by atoms with van der Waals surface area (Å²) in [6.45, 7) is 12.0. The smallest absolute Gasteiger partial charge is 0.410 e. The zero-order valence-corrected chi connectivity index (χ0v) is 16.7. The summed E-state index contributed by atoms with van der Waals surface area (Å²) >= 11 is 0. The molecular weight excluding hydrogens is 322 g/mol. The molecule has 0 aromatic heterocycles. The van der Waals surface area contributed by atoms with Crippen LogP contribution >= 0.6 is 0 Å². The number of hydrogen-bond acceptors (Lipinski definition) is 5. The summed E-state index contributed by atoms with van der Waals surface area (Å²) in [5.41, 5.74) is -1.51. The molecule has 0 bridgehead atoms. The second kappa shape index (κ2) is 8.39. The summed E-state index contributed by atoms with van der Waals surface area (Å²) < 4.78 is 11.0.